The Balaban J connectivity index is 1.62. The molecule has 0 spiro atoms. The zero-order valence-electron chi connectivity index (χ0n) is 16.8. The van der Waals surface area contributed by atoms with Crippen molar-refractivity contribution >= 4 is 17.9 Å². The van der Waals surface area contributed by atoms with E-state index in [-0.39, 0.29) is 23.1 Å². The number of phenolic OH excluding ortho intramolecular Hbond substituents is 1. The molecule has 0 unspecified atom stereocenters. The summed E-state index contributed by atoms with van der Waals surface area (Å²) in [6, 6.07) is 13.7. The topological polar surface area (TPSA) is 167 Å². The first-order valence-corrected chi connectivity index (χ1v) is 9.47. The van der Waals surface area contributed by atoms with E-state index >= 15 is 0 Å². The molecule has 0 bridgehead atoms. The largest absolute Gasteiger partial charge is 0.504 e. The number of phenols is 1. The quantitative estimate of drug-likeness (QED) is 0.290. The lowest BCUT2D eigenvalue weighted by Crippen LogP contribution is -2.19. The van der Waals surface area contributed by atoms with Gasteiger partial charge < -0.3 is 15.6 Å². The smallest absolute Gasteiger partial charge is 0.294 e. The summed E-state index contributed by atoms with van der Waals surface area (Å²) in [5.74, 6) is -0.180. The summed E-state index contributed by atoms with van der Waals surface area (Å²) in [6.07, 6.45) is 1.41. The lowest BCUT2D eigenvalue weighted by molar-refractivity contribution is 0.0950. The van der Waals surface area contributed by atoms with Crippen molar-refractivity contribution in [3.8, 4) is 28.6 Å². The minimum atomic E-state index is -0.606. The van der Waals surface area contributed by atoms with E-state index in [9.17, 15) is 9.90 Å². The second kappa shape index (κ2) is 8.95. The second-order valence-corrected chi connectivity index (χ2v) is 6.40. The molecule has 0 aliphatic carbocycles. The van der Waals surface area contributed by atoms with Crippen LogP contribution in [0.5, 0.6) is 11.5 Å². The van der Waals surface area contributed by atoms with Gasteiger partial charge in [0.1, 0.15) is 5.69 Å². The van der Waals surface area contributed by atoms with Gasteiger partial charge in [0, 0.05) is 5.56 Å². The molecule has 2 aromatic carbocycles. The lowest BCUT2D eigenvalue weighted by atomic mass is 10.1. The van der Waals surface area contributed by atoms with Crippen LogP contribution in [0.1, 0.15) is 23.0 Å². The molecule has 4 rings (SSSR count). The normalized spacial score (nSPS) is 11.0. The Labute approximate surface area is 181 Å². The van der Waals surface area contributed by atoms with Gasteiger partial charge in [0.15, 0.2) is 17.2 Å². The van der Waals surface area contributed by atoms with Crippen LogP contribution in [0.25, 0.3) is 17.1 Å². The van der Waals surface area contributed by atoms with Crippen molar-refractivity contribution in [1.82, 2.24) is 30.7 Å². The molecule has 0 saturated heterocycles. The van der Waals surface area contributed by atoms with Crippen LogP contribution in [0.15, 0.2) is 58.3 Å². The van der Waals surface area contributed by atoms with Crippen molar-refractivity contribution < 1.29 is 19.3 Å². The molecule has 0 fully saturated rings. The Morgan fingerprint density at radius 1 is 1.28 bits per heavy atom. The van der Waals surface area contributed by atoms with Crippen molar-refractivity contribution in [2.24, 2.45) is 5.10 Å². The third kappa shape index (κ3) is 4.09. The van der Waals surface area contributed by atoms with Gasteiger partial charge in [-0.1, -0.05) is 35.5 Å². The van der Waals surface area contributed by atoms with E-state index in [2.05, 4.69) is 35.8 Å². The molecule has 0 aliphatic heterocycles. The van der Waals surface area contributed by atoms with Crippen LogP contribution in [-0.2, 0) is 0 Å². The average Bonchev–Trinajstić information content (AvgIpc) is 3.42. The minimum absolute atomic E-state index is 0.00328. The van der Waals surface area contributed by atoms with Crippen LogP contribution >= 0.6 is 0 Å². The highest BCUT2D eigenvalue weighted by atomic mass is 16.6. The molecule has 162 valence electrons. The number of carbonyl (C=O) groups excluding carboxylic acids is 1. The summed E-state index contributed by atoms with van der Waals surface area (Å²) in [7, 11) is 0. The van der Waals surface area contributed by atoms with Crippen LogP contribution in [0, 0.1) is 0 Å². The van der Waals surface area contributed by atoms with Gasteiger partial charge in [-0.05, 0) is 41.0 Å². The van der Waals surface area contributed by atoms with Crippen LogP contribution in [0.2, 0.25) is 0 Å². The number of rotatable bonds is 7. The molecule has 4 N–H and O–H groups in total. The van der Waals surface area contributed by atoms with Crippen LogP contribution in [0.4, 0.5) is 5.82 Å². The van der Waals surface area contributed by atoms with E-state index in [1.54, 1.807) is 43.3 Å². The third-order valence-electron chi connectivity index (χ3n) is 4.29. The van der Waals surface area contributed by atoms with Gasteiger partial charge in [-0.15, -0.1) is 5.10 Å². The first-order valence-electron chi connectivity index (χ1n) is 9.47. The molecule has 0 saturated carbocycles. The zero-order chi connectivity index (χ0) is 22.5. The van der Waals surface area contributed by atoms with Gasteiger partial charge in [-0.3, -0.25) is 4.79 Å². The number of nitrogens with two attached hydrogens (primary N) is 1. The molecule has 0 atom stereocenters. The molecule has 4 aromatic rings. The van der Waals surface area contributed by atoms with Gasteiger partial charge in [-0.25, -0.2) is 10.1 Å². The predicted octanol–water partition coefficient (Wildman–Crippen LogP) is 1.77. The molecule has 12 heteroatoms. The van der Waals surface area contributed by atoms with E-state index in [1.807, 2.05) is 6.07 Å². The van der Waals surface area contributed by atoms with Gasteiger partial charge in [0.2, 0.25) is 11.6 Å². The highest BCUT2D eigenvalue weighted by Crippen LogP contribution is 2.27. The van der Waals surface area contributed by atoms with E-state index < -0.39 is 5.91 Å². The number of ether oxygens (including phenoxy) is 1. The third-order valence-corrected chi connectivity index (χ3v) is 4.29. The molecule has 0 aliphatic rings. The van der Waals surface area contributed by atoms with Gasteiger partial charge in [0.25, 0.3) is 5.91 Å². The van der Waals surface area contributed by atoms with E-state index in [1.165, 1.54) is 17.0 Å². The van der Waals surface area contributed by atoms with E-state index in [0.29, 0.717) is 29.2 Å². The number of aromatic nitrogens is 5. The number of carbonyl (C=O) groups is 1. The highest BCUT2D eigenvalue weighted by molar-refractivity contribution is 5.98. The number of hydrogen-bond acceptors (Lipinski definition) is 10. The Bertz CT molecular complexity index is 1270. The Morgan fingerprint density at radius 3 is 2.81 bits per heavy atom. The van der Waals surface area contributed by atoms with Crippen molar-refractivity contribution in [3.63, 3.8) is 0 Å². The fourth-order valence-corrected chi connectivity index (χ4v) is 2.88. The molecule has 32 heavy (non-hydrogen) atoms. The number of hydrogen-bond donors (Lipinski definition) is 3. The summed E-state index contributed by atoms with van der Waals surface area (Å²) < 4.78 is 11.3. The Kier molecular flexibility index (Phi) is 5.74. The van der Waals surface area contributed by atoms with Gasteiger partial charge in [0.05, 0.1) is 12.8 Å². The predicted molar refractivity (Wildman–Crippen MR) is 113 cm³/mol. The number of nitrogen functional groups attached to an aromatic ring is 1. The first kappa shape index (κ1) is 20.5. The molecule has 2 aromatic heterocycles. The SMILES string of the molecule is CCOc1cc(C=NNC(=O)c2nnn(-c3nonc3N)c2-c2ccccc2)ccc1O. The maximum Gasteiger partial charge on any atom is 0.294 e. The molecule has 12 nitrogen and oxygen atoms in total. The standard InChI is InChI=1S/C20H18N8O4/c1-2-31-15-10-12(8-9-14(15)29)11-22-24-20(30)16-17(13-6-4-3-5-7-13)28(27-23-16)19-18(21)25-32-26-19/h3-11,29H,2H2,1H3,(H2,21,25)(H,24,30). The Morgan fingerprint density at radius 2 is 2.09 bits per heavy atom. The summed E-state index contributed by atoms with van der Waals surface area (Å²) in [6.45, 7) is 2.20. The number of hydrazone groups is 1. The fraction of sp³-hybridized carbons (Fsp3) is 0.100. The van der Waals surface area contributed by atoms with Crippen molar-refractivity contribution in [1.29, 1.82) is 0 Å². The number of amides is 1. The number of nitrogens with zero attached hydrogens (tertiary/aromatic N) is 6. The molecule has 0 radical (unpaired) electrons. The number of benzene rings is 2. The molecular formula is C20H18N8O4. The summed E-state index contributed by atoms with van der Waals surface area (Å²) in [5, 5.41) is 29.0. The maximum absolute atomic E-state index is 12.8. The Hall–Kier alpha value is -4.74. The zero-order valence-corrected chi connectivity index (χ0v) is 16.8. The molecule has 2 heterocycles. The van der Waals surface area contributed by atoms with Crippen molar-refractivity contribution in [2.45, 2.75) is 6.92 Å². The van der Waals surface area contributed by atoms with Gasteiger partial charge in [-0.2, -0.15) is 9.78 Å². The van der Waals surface area contributed by atoms with Crippen LogP contribution in [0.3, 0.4) is 0 Å². The minimum Gasteiger partial charge on any atom is -0.504 e. The monoisotopic (exact) mass is 434 g/mol. The summed E-state index contributed by atoms with van der Waals surface area (Å²) in [4.78, 5) is 12.8. The van der Waals surface area contributed by atoms with Gasteiger partial charge >= 0.3 is 0 Å². The maximum atomic E-state index is 12.8. The lowest BCUT2D eigenvalue weighted by Gasteiger charge is -2.06. The average molecular weight is 434 g/mol. The van der Waals surface area contributed by atoms with Crippen LogP contribution < -0.4 is 15.9 Å². The van der Waals surface area contributed by atoms with Crippen LogP contribution in [-0.4, -0.2) is 49.1 Å². The summed E-state index contributed by atoms with van der Waals surface area (Å²) >= 11 is 0. The molecular weight excluding hydrogens is 416 g/mol. The van der Waals surface area contributed by atoms with E-state index in [4.69, 9.17) is 10.5 Å². The van der Waals surface area contributed by atoms with Crippen molar-refractivity contribution in [2.75, 3.05) is 12.3 Å². The second-order valence-electron chi connectivity index (χ2n) is 6.40. The fourth-order valence-electron chi connectivity index (χ4n) is 2.88. The molecule has 1 amide bonds. The highest BCUT2D eigenvalue weighted by Gasteiger charge is 2.24. The number of anilines is 1. The van der Waals surface area contributed by atoms with Crippen molar-refractivity contribution in [3.05, 3.63) is 59.8 Å². The first-order chi connectivity index (χ1) is 15.6. The summed E-state index contributed by atoms with van der Waals surface area (Å²) in [5.41, 5.74) is 9.80. The number of nitrogens with one attached hydrogen (secondary N) is 1. The van der Waals surface area contributed by atoms with E-state index in [0.717, 1.165) is 0 Å². The number of aromatic hydroxyl groups is 1.